The van der Waals surface area contributed by atoms with E-state index in [0.29, 0.717) is 10.9 Å². The van der Waals surface area contributed by atoms with Crippen LogP contribution in [0.25, 0.3) is 0 Å². The van der Waals surface area contributed by atoms with Crippen molar-refractivity contribution in [1.29, 1.82) is 0 Å². The summed E-state index contributed by atoms with van der Waals surface area (Å²) in [5.74, 6) is 0.882. The molecule has 1 aromatic rings. The van der Waals surface area contributed by atoms with Crippen LogP contribution in [0.5, 0.6) is 0 Å². The molecule has 0 unspecified atom stereocenters. The van der Waals surface area contributed by atoms with E-state index < -0.39 is 0 Å². The highest BCUT2D eigenvalue weighted by Gasteiger charge is 2.38. The molecule has 2 rings (SSSR count). The first-order valence-corrected chi connectivity index (χ1v) is 5.11. The van der Waals surface area contributed by atoms with Gasteiger partial charge >= 0.3 is 0 Å². The lowest BCUT2D eigenvalue weighted by Crippen LogP contribution is -2.14. The largest absolute Gasteiger partial charge is 0.326 e. The molecule has 0 aliphatic heterocycles. The minimum absolute atomic E-state index is 0.125. The first kappa shape index (κ1) is 9.53. The van der Waals surface area contributed by atoms with Gasteiger partial charge in [-0.3, -0.25) is 4.79 Å². The maximum absolute atomic E-state index is 11.5. The van der Waals surface area contributed by atoms with Gasteiger partial charge in [0.25, 0.3) is 0 Å². The van der Waals surface area contributed by atoms with Crippen molar-refractivity contribution in [3.05, 3.63) is 29.3 Å². The summed E-state index contributed by atoms with van der Waals surface area (Å²) in [6.45, 7) is 2.09. The van der Waals surface area contributed by atoms with E-state index in [0.717, 1.165) is 12.1 Å². The third kappa shape index (κ3) is 2.07. The molecule has 1 aliphatic rings. The molecule has 74 valence electrons. The van der Waals surface area contributed by atoms with Gasteiger partial charge in [-0.1, -0.05) is 18.5 Å². The summed E-state index contributed by atoms with van der Waals surface area (Å²) in [7, 11) is 0. The quantitative estimate of drug-likeness (QED) is 0.797. The molecule has 14 heavy (non-hydrogen) atoms. The predicted octanol–water partition coefficient (Wildman–Crippen LogP) is 2.93. The van der Waals surface area contributed by atoms with Crippen LogP contribution < -0.4 is 5.32 Å². The zero-order valence-electron chi connectivity index (χ0n) is 7.96. The highest BCUT2D eigenvalue weighted by molar-refractivity contribution is 6.30. The van der Waals surface area contributed by atoms with Crippen molar-refractivity contribution >= 4 is 23.2 Å². The fourth-order valence-electron chi connectivity index (χ4n) is 1.46. The first-order valence-electron chi connectivity index (χ1n) is 4.73. The van der Waals surface area contributed by atoms with Crippen LogP contribution in [0, 0.1) is 11.8 Å². The van der Waals surface area contributed by atoms with E-state index in [1.165, 1.54) is 0 Å². The molecular formula is C11H12ClNO. The molecule has 1 amide bonds. The number of hydrogen-bond acceptors (Lipinski definition) is 1. The number of halogens is 1. The van der Waals surface area contributed by atoms with Crippen molar-refractivity contribution in [2.24, 2.45) is 11.8 Å². The molecule has 0 saturated heterocycles. The van der Waals surface area contributed by atoms with Crippen LogP contribution in [-0.2, 0) is 4.79 Å². The molecule has 0 aromatic heterocycles. The fourth-order valence-corrected chi connectivity index (χ4v) is 1.58. The monoisotopic (exact) mass is 209 g/mol. The number of benzene rings is 1. The molecule has 1 aromatic carbocycles. The summed E-state index contributed by atoms with van der Waals surface area (Å²) in [6.07, 6.45) is 1.01. The van der Waals surface area contributed by atoms with Gasteiger partial charge in [0, 0.05) is 16.6 Å². The Balaban J connectivity index is 1.97. The number of anilines is 1. The van der Waals surface area contributed by atoms with E-state index in [2.05, 4.69) is 12.2 Å². The topological polar surface area (TPSA) is 29.1 Å². The van der Waals surface area contributed by atoms with Crippen molar-refractivity contribution in [2.45, 2.75) is 13.3 Å². The Morgan fingerprint density at radius 3 is 2.50 bits per heavy atom. The van der Waals surface area contributed by atoms with Gasteiger partial charge < -0.3 is 5.32 Å². The Hall–Kier alpha value is -1.02. The van der Waals surface area contributed by atoms with Crippen LogP contribution >= 0.6 is 11.6 Å². The third-order valence-electron chi connectivity index (χ3n) is 2.56. The molecule has 0 bridgehead atoms. The molecule has 1 saturated carbocycles. The second-order valence-corrected chi connectivity index (χ2v) is 4.25. The molecular weight excluding hydrogens is 198 g/mol. The van der Waals surface area contributed by atoms with Gasteiger partial charge in [-0.25, -0.2) is 0 Å². The summed E-state index contributed by atoms with van der Waals surface area (Å²) >= 11 is 5.73. The second kappa shape index (κ2) is 3.62. The molecule has 2 atom stereocenters. The lowest BCUT2D eigenvalue weighted by Gasteiger charge is -2.03. The minimum Gasteiger partial charge on any atom is -0.326 e. The van der Waals surface area contributed by atoms with Gasteiger partial charge in [0.05, 0.1) is 0 Å². The highest BCUT2D eigenvalue weighted by atomic mass is 35.5. The van der Waals surface area contributed by atoms with Crippen LogP contribution in [0.15, 0.2) is 24.3 Å². The molecule has 0 heterocycles. The zero-order valence-corrected chi connectivity index (χ0v) is 8.71. The molecule has 3 heteroatoms. The Labute approximate surface area is 88.3 Å². The fraction of sp³-hybridized carbons (Fsp3) is 0.364. The lowest BCUT2D eigenvalue weighted by molar-refractivity contribution is -0.117. The number of nitrogens with one attached hydrogen (secondary N) is 1. The zero-order chi connectivity index (χ0) is 10.1. The highest BCUT2D eigenvalue weighted by Crippen LogP contribution is 2.38. The maximum Gasteiger partial charge on any atom is 0.227 e. The smallest absolute Gasteiger partial charge is 0.227 e. The van der Waals surface area contributed by atoms with Gasteiger partial charge in [0.15, 0.2) is 0 Å². The van der Waals surface area contributed by atoms with Crippen molar-refractivity contribution in [1.82, 2.24) is 0 Å². The van der Waals surface area contributed by atoms with Gasteiger partial charge in [-0.05, 0) is 36.6 Å². The standard InChI is InChI=1S/C11H12ClNO/c1-7-6-10(7)11(14)13-9-4-2-8(12)3-5-9/h2-5,7,10H,6H2,1H3,(H,13,14)/t7-,10+/m0/s1. The lowest BCUT2D eigenvalue weighted by atomic mass is 10.3. The summed E-state index contributed by atoms with van der Waals surface area (Å²) in [5, 5.41) is 3.55. The average Bonchev–Trinajstić information content (AvgIpc) is 2.87. The summed E-state index contributed by atoms with van der Waals surface area (Å²) < 4.78 is 0. The van der Waals surface area contributed by atoms with Crippen LogP contribution in [0.2, 0.25) is 5.02 Å². The molecule has 0 spiro atoms. The number of carbonyl (C=O) groups is 1. The molecule has 1 fully saturated rings. The van der Waals surface area contributed by atoms with E-state index in [1.54, 1.807) is 12.1 Å². The van der Waals surface area contributed by atoms with Crippen LogP contribution in [0.4, 0.5) is 5.69 Å². The van der Waals surface area contributed by atoms with Crippen molar-refractivity contribution in [3.8, 4) is 0 Å². The summed E-state index contributed by atoms with van der Waals surface area (Å²) in [6, 6.07) is 7.17. The first-order chi connectivity index (χ1) is 6.66. The average molecular weight is 210 g/mol. The number of hydrogen-bond donors (Lipinski definition) is 1. The SMILES string of the molecule is C[C@H]1C[C@H]1C(=O)Nc1ccc(Cl)cc1. The van der Waals surface area contributed by atoms with Crippen LogP contribution in [-0.4, -0.2) is 5.91 Å². The molecule has 1 aliphatic carbocycles. The maximum atomic E-state index is 11.5. The summed E-state index contributed by atoms with van der Waals surface area (Å²) in [5.41, 5.74) is 0.818. The molecule has 1 N–H and O–H groups in total. The Bertz CT molecular complexity index is 347. The van der Waals surface area contributed by atoms with Crippen molar-refractivity contribution in [3.63, 3.8) is 0 Å². The molecule has 2 nitrogen and oxygen atoms in total. The number of amides is 1. The second-order valence-electron chi connectivity index (χ2n) is 3.82. The van der Waals surface area contributed by atoms with E-state index in [-0.39, 0.29) is 11.8 Å². The number of rotatable bonds is 2. The predicted molar refractivity (Wildman–Crippen MR) is 57.4 cm³/mol. The van der Waals surface area contributed by atoms with E-state index >= 15 is 0 Å². The van der Waals surface area contributed by atoms with Gasteiger partial charge in [0.2, 0.25) is 5.91 Å². The van der Waals surface area contributed by atoms with E-state index in [1.807, 2.05) is 12.1 Å². The number of carbonyl (C=O) groups excluding carboxylic acids is 1. The normalized spacial score (nSPS) is 24.4. The van der Waals surface area contributed by atoms with Crippen molar-refractivity contribution < 1.29 is 4.79 Å². The van der Waals surface area contributed by atoms with Gasteiger partial charge in [-0.15, -0.1) is 0 Å². The van der Waals surface area contributed by atoms with E-state index in [4.69, 9.17) is 11.6 Å². The van der Waals surface area contributed by atoms with Crippen molar-refractivity contribution in [2.75, 3.05) is 5.32 Å². The van der Waals surface area contributed by atoms with Gasteiger partial charge in [0.1, 0.15) is 0 Å². The van der Waals surface area contributed by atoms with Gasteiger partial charge in [-0.2, -0.15) is 0 Å². The Kier molecular flexibility index (Phi) is 2.46. The van der Waals surface area contributed by atoms with Crippen LogP contribution in [0.1, 0.15) is 13.3 Å². The summed E-state index contributed by atoms with van der Waals surface area (Å²) in [4.78, 5) is 11.5. The van der Waals surface area contributed by atoms with Crippen LogP contribution in [0.3, 0.4) is 0 Å². The Morgan fingerprint density at radius 1 is 1.43 bits per heavy atom. The Morgan fingerprint density at radius 2 is 2.00 bits per heavy atom. The van der Waals surface area contributed by atoms with E-state index in [9.17, 15) is 4.79 Å². The minimum atomic E-state index is 0.125. The molecule has 0 radical (unpaired) electrons. The third-order valence-corrected chi connectivity index (χ3v) is 2.81.